The number of aromatic nitrogens is 1. The highest BCUT2D eigenvalue weighted by Gasteiger charge is 2.18. The summed E-state index contributed by atoms with van der Waals surface area (Å²) in [5, 5.41) is 3.75. The van der Waals surface area contributed by atoms with E-state index in [9.17, 15) is 8.42 Å². The van der Waals surface area contributed by atoms with Crippen LogP contribution in [0.1, 0.15) is 15.4 Å². The molecular weight excluding hydrogens is 374 g/mol. The first-order chi connectivity index (χ1) is 9.92. The Hall–Kier alpha value is -0.800. The lowest BCUT2D eigenvalue weighted by Crippen LogP contribution is -2.23. The summed E-state index contributed by atoms with van der Waals surface area (Å²) in [5.41, 5.74) is 0.908. The molecule has 2 N–H and O–H groups in total. The molecule has 8 heteroatoms. The molecule has 0 aliphatic rings. The molecule has 1 aromatic carbocycles. The minimum atomic E-state index is -3.58. The maximum atomic E-state index is 12.4. The van der Waals surface area contributed by atoms with Gasteiger partial charge in [-0.05, 0) is 47.6 Å². The molecule has 0 saturated heterocycles. The van der Waals surface area contributed by atoms with Gasteiger partial charge in [0, 0.05) is 22.1 Å². The molecule has 0 spiro atoms. The van der Waals surface area contributed by atoms with Crippen LogP contribution in [0.4, 0.5) is 0 Å². The van der Waals surface area contributed by atoms with E-state index in [0.717, 1.165) is 15.4 Å². The number of rotatable bonds is 6. The first kappa shape index (κ1) is 16.6. The molecule has 0 fully saturated rings. The fourth-order valence-electron chi connectivity index (χ4n) is 1.79. The van der Waals surface area contributed by atoms with Crippen molar-refractivity contribution < 1.29 is 8.42 Å². The molecule has 0 aliphatic heterocycles. The predicted molar refractivity (Wildman–Crippen MR) is 87.8 cm³/mol. The van der Waals surface area contributed by atoms with Crippen LogP contribution in [0.5, 0.6) is 0 Å². The van der Waals surface area contributed by atoms with Crippen LogP contribution in [-0.2, 0) is 23.1 Å². The van der Waals surface area contributed by atoms with Gasteiger partial charge in [-0.1, -0.05) is 6.07 Å². The molecule has 2 rings (SSSR count). The molecule has 0 unspecified atom stereocenters. The number of sulfonamides is 1. The van der Waals surface area contributed by atoms with Gasteiger partial charge < -0.3 is 5.32 Å². The number of benzene rings is 1. The number of aryl methyl sites for hydroxylation is 1. The lowest BCUT2D eigenvalue weighted by Gasteiger charge is -2.09. The number of thiazole rings is 1. The van der Waals surface area contributed by atoms with Crippen molar-refractivity contribution in [3.05, 3.63) is 44.3 Å². The van der Waals surface area contributed by atoms with E-state index < -0.39 is 10.0 Å². The molecule has 0 saturated carbocycles. The van der Waals surface area contributed by atoms with E-state index in [4.69, 9.17) is 0 Å². The summed E-state index contributed by atoms with van der Waals surface area (Å²) < 4.78 is 27.9. The lowest BCUT2D eigenvalue weighted by molar-refractivity contribution is 0.580. The lowest BCUT2D eigenvalue weighted by atomic mass is 10.2. The Labute approximate surface area is 137 Å². The number of halogens is 1. The van der Waals surface area contributed by atoms with Crippen molar-refractivity contribution in [2.75, 3.05) is 7.05 Å². The Balaban J connectivity index is 2.20. The fourth-order valence-corrected chi connectivity index (χ4v) is 4.60. The second kappa shape index (κ2) is 6.97. The highest BCUT2D eigenvalue weighted by Crippen LogP contribution is 2.23. The van der Waals surface area contributed by atoms with Gasteiger partial charge in [-0.15, -0.1) is 11.3 Å². The summed E-state index contributed by atoms with van der Waals surface area (Å²) in [6, 6.07) is 5.29. The smallest absolute Gasteiger partial charge is 0.242 e. The molecule has 1 aromatic heterocycles. The Morgan fingerprint density at radius 2 is 2.10 bits per heavy atom. The van der Waals surface area contributed by atoms with E-state index >= 15 is 0 Å². The molecule has 0 amide bonds. The first-order valence-electron chi connectivity index (χ1n) is 6.26. The Morgan fingerprint density at radius 3 is 2.71 bits per heavy atom. The summed E-state index contributed by atoms with van der Waals surface area (Å²) in [5.74, 6) is 0. The van der Waals surface area contributed by atoms with Gasteiger partial charge in [0.1, 0.15) is 5.01 Å². The number of hydrogen-bond acceptors (Lipinski definition) is 5. The van der Waals surface area contributed by atoms with E-state index in [-0.39, 0.29) is 11.4 Å². The van der Waals surface area contributed by atoms with Crippen molar-refractivity contribution in [1.82, 2.24) is 15.0 Å². The van der Waals surface area contributed by atoms with E-state index in [1.165, 1.54) is 11.3 Å². The van der Waals surface area contributed by atoms with Crippen molar-refractivity contribution in [1.29, 1.82) is 0 Å². The Kier molecular flexibility index (Phi) is 5.50. The van der Waals surface area contributed by atoms with Gasteiger partial charge in [0.05, 0.1) is 11.4 Å². The Bertz CT molecular complexity index is 729. The molecular formula is C13H16BrN3O2S2. The summed E-state index contributed by atoms with van der Waals surface area (Å²) in [7, 11) is -1.76. The summed E-state index contributed by atoms with van der Waals surface area (Å²) in [6.07, 6.45) is 1.73. The SMILES string of the molecule is CNCc1ccc(Br)c(S(=O)(=O)NCc2ncc(C)s2)c1. The third-order valence-corrected chi connectivity index (χ3v) is 6.06. The van der Waals surface area contributed by atoms with Crippen LogP contribution in [-0.4, -0.2) is 20.4 Å². The van der Waals surface area contributed by atoms with Crippen LogP contribution in [0.25, 0.3) is 0 Å². The Morgan fingerprint density at radius 1 is 1.33 bits per heavy atom. The molecule has 21 heavy (non-hydrogen) atoms. The van der Waals surface area contributed by atoms with Gasteiger partial charge >= 0.3 is 0 Å². The van der Waals surface area contributed by atoms with Gasteiger partial charge in [-0.25, -0.2) is 18.1 Å². The summed E-state index contributed by atoms with van der Waals surface area (Å²) >= 11 is 4.77. The van der Waals surface area contributed by atoms with Gasteiger partial charge in [0.2, 0.25) is 10.0 Å². The van der Waals surface area contributed by atoms with E-state index in [1.807, 2.05) is 20.0 Å². The predicted octanol–water partition coefficient (Wildman–Crippen LogP) is 2.41. The number of hydrogen-bond donors (Lipinski definition) is 2. The van der Waals surface area contributed by atoms with Crippen LogP contribution in [0.2, 0.25) is 0 Å². The zero-order chi connectivity index (χ0) is 15.5. The number of nitrogens with zero attached hydrogens (tertiary/aromatic N) is 1. The minimum absolute atomic E-state index is 0.198. The molecule has 0 radical (unpaired) electrons. The van der Waals surface area contributed by atoms with Gasteiger partial charge in [-0.2, -0.15) is 0 Å². The molecule has 1 heterocycles. The highest BCUT2D eigenvalue weighted by molar-refractivity contribution is 9.10. The highest BCUT2D eigenvalue weighted by atomic mass is 79.9. The van der Waals surface area contributed by atoms with Crippen molar-refractivity contribution in [2.45, 2.75) is 24.9 Å². The molecule has 0 atom stereocenters. The van der Waals surface area contributed by atoms with Crippen LogP contribution in [0.3, 0.4) is 0 Å². The van der Waals surface area contributed by atoms with Crippen molar-refractivity contribution in [3.8, 4) is 0 Å². The van der Waals surface area contributed by atoms with Crippen LogP contribution >= 0.6 is 27.3 Å². The third kappa shape index (κ3) is 4.33. The van der Waals surface area contributed by atoms with E-state index in [1.54, 1.807) is 18.3 Å². The number of nitrogens with one attached hydrogen (secondary N) is 2. The topological polar surface area (TPSA) is 71.1 Å². The second-order valence-corrected chi connectivity index (χ2v) is 8.39. The largest absolute Gasteiger partial charge is 0.316 e. The van der Waals surface area contributed by atoms with Gasteiger partial charge in [-0.3, -0.25) is 0 Å². The zero-order valence-electron chi connectivity index (χ0n) is 11.7. The first-order valence-corrected chi connectivity index (χ1v) is 9.35. The molecule has 0 bridgehead atoms. The van der Waals surface area contributed by atoms with Crippen molar-refractivity contribution in [2.24, 2.45) is 0 Å². The van der Waals surface area contributed by atoms with E-state index in [2.05, 4.69) is 31.0 Å². The average molecular weight is 390 g/mol. The fraction of sp³-hybridized carbons (Fsp3) is 0.308. The van der Waals surface area contributed by atoms with Crippen molar-refractivity contribution >= 4 is 37.3 Å². The zero-order valence-corrected chi connectivity index (χ0v) is 14.9. The third-order valence-electron chi connectivity index (χ3n) is 2.75. The molecule has 114 valence electrons. The maximum absolute atomic E-state index is 12.4. The van der Waals surface area contributed by atoms with Crippen LogP contribution in [0.15, 0.2) is 33.8 Å². The minimum Gasteiger partial charge on any atom is -0.316 e. The quantitative estimate of drug-likeness (QED) is 0.795. The standard InChI is InChI=1S/C13H16BrN3O2S2/c1-9-6-16-13(20-9)8-17-21(18,19)12-5-10(7-15-2)3-4-11(12)14/h3-6,15,17H,7-8H2,1-2H3. The normalized spacial score (nSPS) is 11.8. The van der Waals surface area contributed by atoms with Crippen LogP contribution in [0, 0.1) is 6.92 Å². The van der Waals surface area contributed by atoms with Crippen molar-refractivity contribution in [3.63, 3.8) is 0 Å². The van der Waals surface area contributed by atoms with E-state index in [0.29, 0.717) is 11.0 Å². The maximum Gasteiger partial charge on any atom is 0.242 e. The summed E-state index contributed by atoms with van der Waals surface area (Å²) in [4.78, 5) is 5.45. The van der Waals surface area contributed by atoms with Gasteiger partial charge in [0.15, 0.2) is 0 Å². The monoisotopic (exact) mass is 389 g/mol. The van der Waals surface area contributed by atoms with Crippen LogP contribution < -0.4 is 10.0 Å². The second-order valence-electron chi connectivity index (χ2n) is 4.48. The average Bonchev–Trinajstić information content (AvgIpc) is 2.85. The molecule has 0 aliphatic carbocycles. The molecule has 2 aromatic rings. The van der Waals surface area contributed by atoms with Gasteiger partial charge in [0.25, 0.3) is 0 Å². The summed E-state index contributed by atoms with van der Waals surface area (Å²) in [6.45, 7) is 2.75. The molecule has 5 nitrogen and oxygen atoms in total.